The minimum Gasteiger partial charge on any atom is -0.486 e. The van der Waals surface area contributed by atoms with Crippen molar-refractivity contribution in [2.45, 2.75) is 24.7 Å². The van der Waals surface area contributed by atoms with Gasteiger partial charge in [0.1, 0.15) is 24.7 Å². The van der Waals surface area contributed by atoms with Gasteiger partial charge in [0, 0.05) is 30.0 Å². The van der Waals surface area contributed by atoms with E-state index in [0.29, 0.717) is 26.2 Å². The molecular weight excluding hydrogens is 326 g/mol. The van der Waals surface area contributed by atoms with Gasteiger partial charge in [0.2, 0.25) is 5.91 Å². The topological polar surface area (TPSA) is 60.7 Å². The van der Waals surface area contributed by atoms with E-state index in [1.165, 1.54) is 0 Å². The fourth-order valence-corrected chi connectivity index (χ4v) is 3.29. The van der Waals surface area contributed by atoms with E-state index >= 15 is 0 Å². The Morgan fingerprint density at radius 1 is 1.17 bits per heavy atom. The van der Waals surface area contributed by atoms with E-state index in [0.717, 1.165) is 40.1 Å². The maximum absolute atomic E-state index is 11.9. The van der Waals surface area contributed by atoms with Gasteiger partial charge in [-0.05, 0) is 37.3 Å². The molecule has 0 saturated heterocycles. The molecule has 6 heteroatoms. The minimum atomic E-state index is 0.0586. The number of furan rings is 1. The van der Waals surface area contributed by atoms with Gasteiger partial charge in [-0.1, -0.05) is 0 Å². The molecule has 5 nitrogen and oxygen atoms in total. The highest BCUT2D eigenvalue weighted by Crippen LogP contribution is 2.34. The third-order valence-electron chi connectivity index (χ3n) is 3.60. The van der Waals surface area contributed by atoms with Crippen LogP contribution in [0.5, 0.6) is 11.5 Å². The molecule has 1 aromatic carbocycles. The van der Waals surface area contributed by atoms with E-state index in [9.17, 15) is 4.79 Å². The van der Waals surface area contributed by atoms with Gasteiger partial charge in [0.25, 0.3) is 0 Å². The molecule has 0 fully saturated rings. The van der Waals surface area contributed by atoms with Crippen LogP contribution < -0.4 is 14.8 Å². The maximum Gasteiger partial charge on any atom is 0.220 e. The van der Waals surface area contributed by atoms with Crippen molar-refractivity contribution in [3.8, 4) is 11.5 Å². The predicted octanol–water partition coefficient (Wildman–Crippen LogP) is 3.20. The number of amides is 1. The SMILES string of the molecule is Cc1ccc(CCNC(=O)CCSc2ccc3c(c2)OCCO3)o1. The molecule has 2 aromatic rings. The van der Waals surface area contributed by atoms with Crippen LogP contribution in [-0.4, -0.2) is 31.4 Å². The molecule has 0 radical (unpaired) electrons. The fourth-order valence-electron chi connectivity index (χ4n) is 2.41. The summed E-state index contributed by atoms with van der Waals surface area (Å²) in [5.41, 5.74) is 0. The zero-order valence-electron chi connectivity index (χ0n) is 13.7. The second kappa shape index (κ2) is 8.15. The summed E-state index contributed by atoms with van der Waals surface area (Å²) in [6, 6.07) is 9.76. The summed E-state index contributed by atoms with van der Waals surface area (Å²) in [4.78, 5) is 12.9. The smallest absolute Gasteiger partial charge is 0.220 e. The summed E-state index contributed by atoms with van der Waals surface area (Å²) < 4.78 is 16.5. The van der Waals surface area contributed by atoms with Crippen molar-refractivity contribution in [1.29, 1.82) is 0 Å². The van der Waals surface area contributed by atoms with Crippen LogP contribution in [0.15, 0.2) is 39.6 Å². The fraction of sp³-hybridized carbons (Fsp3) is 0.389. The first-order valence-corrected chi connectivity index (χ1v) is 9.04. The first-order valence-electron chi connectivity index (χ1n) is 8.05. The first-order chi connectivity index (χ1) is 11.7. The Hall–Kier alpha value is -2.08. The number of rotatable bonds is 7. The number of aryl methyl sites for hydroxylation is 1. The highest BCUT2D eigenvalue weighted by atomic mass is 32.2. The molecule has 1 aliphatic rings. The van der Waals surface area contributed by atoms with Crippen LogP contribution in [0.3, 0.4) is 0 Å². The molecule has 0 aliphatic carbocycles. The van der Waals surface area contributed by atoms with E-state index in [1.54, 1.807) is 11.8 Å². The predicted molar refractivity (Wildman–Crippen MR) is 92.9 cm³/mol. The van der Waals surface area contributed by atoms with Gasteiger partial charge in [0.15, 0.2) is 11.5 Å². The molecule has 1 N–H and O–H groups in total. The summed E-state index contributed by atoms with van der Waals surface area (Å²) in [6.45, 7) is 3.69. The number of hydrogen-bond acceptors (Lipinski definition) is 5. The zero-order chi connectivity index (χ0) is 16.8. The van der Waals surface area contributed by atoms with E-state index in [-0.39, 0.29) is 5.91 Å². The van der Waals surface area contributed by atoms with Gasteiger partial charge >= 0.3 is 0 Å². The Morgan fingerprint density at radius 3 is 2.79 bits per heavy atom. The molecule has 0 bridgehead atoms. The molecule has 24 heavy (non-hydrogen) atoms. The third-order valence-corrected chi connectivity index (χ3v) is 4.60. The van der Waals surface area contributed by atoms with Gasteiger partial charge in [0.05, 0.1) is 0 Å². The van der Waals surface area contributed by atoms with Crippen LogP contribution in [0.2, 0.25) is 0 Å². The average Bonchev–Trinajstić information content (AvgIpc) is 3.00. The van der Waals surface area contributed by atoms with Crippen molar-refractivity contribution in [2.75, 3.05) is 25.5 Å². The van der Waals surface area contributed by atoms with Crippen LogP contribution >= 0.6 is 11.8 Å². The van der Waals surface area contributed by atoms with Crippen molar-refractivity contribution in [3.63, 3.8) is 0 Å². The van der Waals surface area contributed by atoms with Crippen LogP contribution in [0.4, 0.5) is 0 Å². The highest BCUT2D eigenvalue weighted by Gasteiger charge is 2.12. The van der Waals surface area contributed by atoms with Crippen LogP contribution in [0.1, 0.15) is 17.9 Å². The van der Waals surface area contributed by atoms with Crippen molar-refractivity contribution in [2.24, 2.45) is 0 Å². The number of benzene rings is 1. The normalized spacial score (nSPS) is 12.9. The molecule has 2 heterocycles. The van der Waals surface area contributed by atoms with Gasteiger partial charge < -0.3 is 19.2 Å². The molecule has 1 aromatic heterocycles. The number of nitrogens with one attached hydrogen (secondary N) is 1. The maximum atomic E-state index is 11.9. The number of carbonyl (C=O) groups excluding carboxylic acids is 1. The Morgan fingerprint density at radius 2 is 2.00 bits per heavy atom. The Labute approximate surface area is 145 Å². The summed E-state index contributed by atoms with van der Waals surface area (Å²) in [7, 11) is 0. The summed E-state index contributed by atoms with van der Waals surface area (Å²) in [5, 5.41) is 2.92. The third kappa shape index (κ3) is 4.71. The van der Waals surface area contributed by atoms with E-state index in [2.05, 4.69) is 5.32 Å². The lowest BCUT2D eigenvalue weighted by Gasteiger charge is -2.18. The lowest BCUT2D eigenvalue weighted by Crippen LogP contribution is -2.25. The van der Waals surface area contributed by atoms with Gasteiger partial charge in [-0.25, -0.2) is 0 Å². The van der Waals surface area contributed by atoms with Gasteiger partial charge in [-0.3, -0.25) is 4.79 Å². The zero-order valence-corrected chi connectivity index (χ0v) is 14.5. The Kier molecular flexibility index (Phi) is 5.69. The van der Waals surface area contributed by atoms with Crippen molar-refractivity contribution >= 4 is 17.7 Å². The van der Waals surface area contributed by atoms with Crippen molar-refractivity contribution < 1.29 is 18.7 Å². The van der Waals surface area contributed by atoms with E-state index in [4.69, 9.17) is 13.9 Å². The number of ether oxygens (including phenoxy) is 2. The first kappa shape index (κ1) is 16.8. The number of carbonyl (C=O) groups is 1. The lowest BCUT2D eigenvalue weighted by atomic mass is 10.3. The van der Waals surface area contributed by atoms with E-state index < -0.39 is 0 Å². The van der Waals surface area contributed by atoms with Crippen LogP contribution in [-0.2, 0) is 11.2 Å². The summed E-state index contributed by atoms with van der Waals surface area (Å²) >= 11 is 1.64. The second-order valence-corrected chi connectivity index (χ2v) is 6.68. The second-order valence-electron chi connectivity index (χ2n) is 5.52. The van der Waals surface area contributed by atoms with Gasteiger partial charge in [-0.15, -0.1) is 11.8 Å². The monoisotopic (exact) mass is 347 g/mol. The number of hydrogen-bond donors (Lipinski definition) is 1. The molecule has 1 aliphatic heterocycles. The molecule has 0 spiro atoms. The molecule has 0 saturated carbocycles. The summed E-state index contributed by atoms with van der Waals surface area (Å²) in [5.74, 6) is 4.15. The van der Waals surface area contributed by atoms with Crippen molar-refractivity contribution in [3.05, 3.63) is 41.9 Å². The summed E-state index contributed by atoms with van der Waals surface area (Å²) in [6.07, 6.45) is 1.20. The minimum absolute atomic E-state index is 0.0586. The molecule has 3 rings (SSSR count). The molecular formula is C18H21NO4S. The van der Waals surface area contributed by atoms with E-state index in [1.807, 2.05) is 37.3 Å². The largest absolute Gasteiger partial charge is 0.486 e. The average molecular weight is 347 g/mol. The van der Waals surface area contributed by atoms with Gasteiger partial charge in [-0.2, -0.15) is 0 Å². The lowest BCUT2D eigenvalue weighted by molar-refractivity contribution is -0.120. The number of thioether (sulfide) groups is 1. The standard InChI is InChI=1S/C18H21NO4S/c1-13-2-3-14(23-13)6-8-19-18(20)7-11-24-15-4-5-16-17(12-15)22-10-9-21-16/h2-5,12H,6-11H2,1H3,(H,19,20). The van der Waals surface area contributed by atoms with Crippen LogP contribution in [0, 0.1) is 6.92 Å². The molecule has 1 amide bonds. The van der Waals surface area contributed by atoms with Crippen molar-refractivity contribution in [1.82, 2.24) is 5.32 Å². The molecule has 128 valence electrons. The quantitative estimate of drug-likeness (QED) is 0.780. The molecule has 0 unspecified atom stereocenters. The Balaban J connectivity index is 1.36. The highest BCUT2D eigenvalue weighted by molar-refractivity contribution is 7.99. The number of fused-ring (bicyclic) bond motifs is 1. The molecule has 0 atom stereocenters. The van der Waals surface area contributed by atoms with Crippen LogP contribution in [0.25, 0.3) is 0 Å². The Bertz CT molecular complexity index is 698.